The van der Waals surface area contributed by atoms with E-state index in [0.717, 1.165) is 0 Å². The van der Waals surface area contributed by atoms with Crippen molar-refractivity contribution in [2.24, 2.45) is 0 Å². The molecule has 0 aromatic carbocycles. The van der Waals surface area contributed by atoms with Crippen molar-refractivity contribution in [2.45, 2.75) is 0 Å². The van der Waals surface area contributed by atoms with Crippen LogP contribution in [0.25, 0.3) is 0 Å². The fourth-order valence-electron chi connectivity index (χ4n) is 0. The molecule has 0 nitrogen and oxygen atoms in total. The summed E-state index contributed by atoms with van der Waals surface area (Å²) in [5.74, 6) is 0. The Balaban J connectivity index is 0. The van der Waals surface area contributed by atoms with Crippen LogP contribution in [-0.4, -0.2) is 39.3 Å². The first-order chi connectivity index (χ1) is 0. The number of rotatable bonds is 0. The molecule has 27 valence electrons. The van der Waals surface area contributed by atoms with Crippen molar-refractivity contribution in [2.75, 3.05) is 0 Å². The van der Waals surface area contributed by atoms with Gasteiger partial charge in [-0.3, -0.25) is 0 Å². The van der Waals surface area contributed by atoms with Gasteiger partial charge in [-0.15, -0.1) is 0 Å². The molecular weight excluding hydrogens is 134 g/mol. The Morgan fingerprint density at radius 3 is 0.750 bits per heavy atom. The van der Waals surface area contributed by atoms with Crippen LogP contribution in [0.2, 0.25) is 0 Å². The van der Waals surface area contributed by atoms with Crippen molar-refractivity contribution in [3.8, 4) is 0 Å². The fourth-order valence-corrected chi connectivity index (χ4v) is 0. The summed E-state index contributed by atoms with van der Waals surface area (Å²) in [6, 6.07) is 0. The predicted molar refractivity (Wildman–Crippen MR) is 32.6 cm³/mol. The summed E-state index contributed by atoms with van der Waals surface area (Å²) in [6.45, 7) is 0. The van der Waals surface area contributed by atoms with Gasteiger partial charge in [-0.1, -0.05) is 0 Å². The van der Waals surface area contributed by atoms with Gasteiger partial charge in [0.05, 0.1) is 0 Å². The molecule has 0 rings (SSSR count). The average Bonchev–Trinajstić information content (AvgIpc) is 0. The monoisotopic (exact) mass is 145 g/mol. The summed E-state index contributed by atoms with van der Waals surface area (Å²) in [5.41, 5.74) is 0. The third-order valence-corrected chi connectivity index (χ3v) is 0. The predicted octanol–water partition coefficient (Wildman–Crippen LogP) is -4.09. The summed E-state index contributed by atoms with van der Waals surface area (Å²) in [4.78, 5) is 0. The molecule has 1 radical (unpaired) electrons. The Labute approximate surface area is 57.8 Å². The molecule has 0 N–H and O–H groups in total. The Morgan fingerprint density at radius 2 is 0.750 bits per heavy atom. The third kappa shape index (κ3) is 9.61. The molecular formula is H11AlSi2V. The first kappa shape index (κ1) is 47.8. The van der Waals surface area contributed by atoms with E-state index in [1.54, 1.807) is 0 Å². The van der Waals surface area contributed by atoms with E-state index in [-0.39, 0.29) is 57.8 Å². The molecule has 0 atom stereocenters. The molecule has 0 aromatic heterocycles. The zero-order valence-corrected chi connectivity index (χ0v) is 1.84. The average molecular weight is 145 g/mol. The minimum absolute atomic E-state index is 0. The van der Waals surface area contributed by atoms with E-state index >= 15 is 0 Å². The molecule has 0 aliphatic rings. The van der Waals surface area contributed by atoms with E-state index in [0.29, 0.717) is 0 Å². The molecule has 0 bridgehead atoms. The SMILES string of the molecule is [AlH3].[SiH4].[SiH4].[V]. The maximum absolute atomic E-state index is 0. The van der Waals surface area contributed by atoms with Gasteiger partial charge >= 0.3 is 0 Å². The van der Waals surface area contributed by atoms with Crippen LogP contribution in [0.15, 0.2) is 0 Å². The van der Waals surface area contributed by atoms with Crippen molar-refractivity contribution < 1.29 is 18.6 Å². The molecule has 0 spiro atoms. The normalized spacial score (nSPS) is 0. The zero-order chi connectivity index (χ0) is 0. The van der Waals surface area contributed by atoms with E-state index in [1.165, 1.54) is 0 Å². The van der Waals surface area contributed by atoms with Gasteiger partial charge in [-0.2, -0.15) is 0 Å². The quantitative estimate of drug-likeness (QED) is 0.304. The van der Waals surface area contributed by atoms with Gasteiger partial charge in [-0.25, -0.2) is 0 Å². The van der Waals surface area contributed by atoms with Gasteiger partial charge in [0.25, 0.3) is 0 Å². The molecule has 0 saturated carbocycles. The van der Waals surface area contributed by atoms with Gasteiger partial charge in [0, 0.05) is 18.6 Å². The molecule has 0 amide bonds. The van der Waals surface area contributed by atoms with Gasteiger partial charge in [-0.05, 0) is 21.9 Å². The summed E-state index contributed by atoms with van der Waals surface area (Å²) in [7, 11) is 0. The van der Waals surface area contributed by atoms with Crippen LogP contribution in [0.4, 0.5) is 0 Å². The standard InChI is InChI=1S/Al.2H4Si.V.3H/h;2*1H4;;;;. The van der Waals surface area contributed by atoms with Gasteiger partial charge in [0.2, 0.25) is 0 Å². The van der Waals surface area contributed by atoms with E-state index in [4.69, 9.17) is 0 Å². The van der Waals surface area contributed by atoms with Crippen LogP contribution in [0.1, 0.15) is 0 Å². The molecule has 0 saturated heterocycles. The Morgan fingerprint density at radius 1 is 0.750 bits per heavy atom. The van der Waals surface area contributed by atoms with E-state index in [9.17, 15) is 0 Å². The van der Waals surface area contributed by atoms with Crippen LogP contribution in [-0.2, 0) is 18.6 Å². The molecule has 4 heavy (non-hydrogen) atoms. The van der Waals surface area contributed by atoms with Crippen LogP contribution in [0, 0.1) is 0 Å². The van der Waals surface area contributed by atoms with Crippen molar-refractivity contribution in [1.82, 2.24) is 0 Å². The summed E-state index contributed by atoms with van der Waals surface area (Å²) < 4.78 is 0. The maximum Gasteiger partial charge on any atom is 0.187 e. The topological polar surface area (TPSA) is 0 Å². The van der Waals surface area contributed by atoms with Gasteiger partial charge < -0.3 is 0 Å². The minimum Gasteiger partial charge on any atom is -0.0149 e. The van der Waals surface area contributed by atoms with Crippen LogP contribution >= 0.6 is 0 Å². The molecule has 0 heterocycles. The van der Waals surface area contributed by atoms with E-state index in [2.05, 4.69) is 0 Å². The second-order valence-corrected chi connectivity index (χ2v) is 0. The fraction of sp³-hybridized carbons (Fsp3) is 0. The summed E-state index contributed by atoms with van der Waals surface area (Å²) >= 11 is 0. The number of hydrogen-bond donors (Lipinski definition) is 0. The zero-order valence-electron chi connectivity index (χ0n) is 0.447. The number of hydrogen-bond acceptors (Lipinski definition) is 0. The van der Waals surface area contributed by atoms with Crippen molar-refractivity contribution in [3.63, 3.8) is 0 Å². The summed E-state index contributed by atoms with van der Waals surface area (Å²) in [5, 5.41) is 0. The van der Waals surface area contributed by atoms with Gasteiger partial charge in [0.1, 0.15) is 0 Å². The van der Waals surface area contributed by atoms with Crippen molar-refractivity contribution in [3.05, 3.63) is 0 Å². The van der Waals surface area contributed by atoms with Crippen LogP contribution < -0.4 is 0 Å². The Kier molecular flexibility index (Phi) is 285. The van der Waals surface area contributed by atoms with Crippen LogP contribution in [0.5, 0.6) is 0 Å². The first-order valence-electron chi connectivity index (χ1n) is 0. The second-order valence-electron chi connectivity index (χ2n) is 0. The van der Waals surface area contributed by atoms with E-state index in [1.807, 2.05) is 0 Å². The first-order valence-corrected chi connectivity index (χ1v) is 0. The van der Waals surface area contributed by atoms with Crippen LogP contribution in [0.3, 0.4) is 0 Å². The molecule has 0 unspecified atom stereocenters. The van der Waals surface area contributed by atoms with Crippen molar-refractivity contribution >= 4 is 39.3 Å². The minimum atomic E-state index is 0. The largest absolute Gasteiger partial charge is 0.187 e. The molecule has 0 aliphatic carbocycles. The molecule has 4 heteroatoms. The Hall–Kier alpha value is 1.55. The Bertz CT molecular complexity index is 6.00. The smallest absolute Gasteiger partial charge is 0.0149 e. The maximum atomic E-state index is 0. The van der Waals surface area contributed by atoms with Gasteiger partial charge in [0.15, 0.2) is 17.4 Å². The molecule has 0 aliphatic heterocycles. The molecule has 0 aromatic rings. The second kappa shape index (κ2) is 23.9. The summed E-state index contributed by atoms with van der Waals surface area (Å²) in [6.07, 6.45) is 0. The van der Waals surface area contributed by atoms with Crippen molar-refractivity contribution in [1.29, 1.82) is 0 Å². The molecule has 0 fully saturated rings. The van der Waals surface area contributed by atoms with E-state index < -0.39 is 0 Å². The third-order valence-electron chi connectivity index (χ3n) is 0.